The van der Waals surface area contributed by atoms with Gasteiger partial charge in [-0.2, -0.15) is 0 Å². The molecule has 2 heterocycles. The van der Waals surface area contributed by atoms with Crippen LogP contribution < -0.4 is 10.5 Å². The van der Waals surface area contributed by atoms with Gasteiger partial charge in [0.05, 0.1) is 0 Å². The number of carbonyl (C=O) groups is 1. The number of aromatic nitrogens is 3. The molecule has 0 atom stereocenters. The number of carbonyl (C=O) groups excluding carboxylic acids is 1. The molecule has 0 saturated heterocycles. The third-order valence-electron chi connectivity index (χ3n) is 3.37. The van der Waals surface area contributed by atoms with E-state index < -0.39 is 0 Å². The Balaban J connectivity index is 1.58. The highest BCUT2D eigenvalue weighted by atomic mass is 16.5. The molecular formula is C17H17N5O3. The maximum Gasteiger partial charge on any atom is 0.275 e. The second-order valence-electron chi connectivity index (χ2n) is 5.34. The number of benzene rings is 1. The number of ether oxygens (including phenoxy) is 1. The van der Waals surface area contributed by atoms with E-state index in [1.54, 1.807) is 19.4 Å². The zero-order valence-corrected chi connectivity index (χ0v) is 13.6. The summed E-state index contributed by atoms with van der Waals surface area (Å²) < 4.78 is 10.8. The van der Waals surface area contributed by atoms with Gasteiger partial charge in [-0.3, -0.25) is 4.79 Å². The number of amides is 1. The highest BCUT2D eigenvalue weighted by Crippen LogP contribution is 2.13. The molecule has 3 aromatic rings. The lowest BCUT2D eigenvalue weighted by atomic mass is 10.3. The smallest absolute Gasteiger partial charge is 0.275 e. The number of rotatable bonds is 6. The van der Waals surface area contributed by atoms with Crippen molar-refractivity contribution in [3.05, 3.63) is 66.1 Å². The van der Waals surface area contributed by atoms with Crippen LogP contribution >= 0.6 is 0 Å². The number of nitrogens with zero attached hydrogens (tertiary/aromatic N) is 4. The summed E-state index contributed by atoms with van der Waals surface area (Å²) in [5, 5.41) is 0. The zero-order chi connectivity index (χ0) is 17.6. The molecule has 0 saturated carbocycles. The van der Waals surface area contributed by atoms with E-state index in [9.17, 15) is 4.79 Å². The summed E-state index contributed by atoms with van der Waals surface area (Å²) in [6.45, 7) is 0.481. The standard InChI is InChI=1S/C17H17N5O3/c1-22(9-12-7-19-17(18)20-8-12)16(23)14-10-25-15(21-14)11-24-13-5-3-2-4-6-13/h2-8,10H,9,11H2,1H3,(H2,18,19,20). The van der Waals surface area contributed by atoms with Gasteiger partial charge in [0.2, 0.25) is 11.8 Å². The fraction of sp³-hybridized carbons (Fsp3) is 0.176. The number of anilines is 1. The third-order valence-corrected chi connectivity index (χ3v) is 3.37. The van der Waals surface area contributed by atoms with Crippen molar-refractivity contribution >= 4 is 11.9 Å². The third kappa shape index (κ3) is 4.31. The first kappa shape index (κ1) is 16.4. The molecule has 128 valence electrons. The van der Waals surface area contributed by atoms with Crippen molar-refractivity contribution < 1.29 is 13.9 Å². The van der Waals surface area contributed by atoms with Gasteiger partial charge in [0.1, 0.15) is 12.0 Å². The van der Waals surface area contributed by atoms with Crippen molar-refractivity contribution in [1.82, 2.24) is 19.9 Å². The molecule has 8 nitrogen and oxygen atoms in total. The summed E-state index contributed by atoms with van der Waals surface area (Å²) in [6, 6.07) is 9.30. The number of nitrogens with two attached hydrogens (primary N) is 1. The summed E-state index contributed by atoms with van der Waals surface area (Å²) in [4.78, 5) is 25.9. The quantitative estimate of drug-likeness (QED) is 0.730. The van der Waals surface area contributed by atoms with E-state index in [4.69, 9.17) is 14.9 Å². The number of para-hydroxylation sites is 1. The minimum atomic E-state index is -0.272. The average molecular weight is 339 g/mol. The summed E-state index contributed by atoms with van der Waals surface area (Å²) in [7, 11) is 1.66. The molecule has 1 amide bonds. The van der Waals surface area contributed by atoms with Crippen LogP contribution in [0.1, 0.15) is 21.9 Å². The van der Waals surface area contributed by atoms with E-state index in [-0.39, 0.29) is 24.2 Å². The van der Waals surface area contributed by atoms with Crippen molar-refractivity contribution in [3.63, 3.8) is 0 Å². The summed E-state index contributed by atoms with van der Waals surface area (Å²) in [5.41, 5.74) is 6.42. The molecule has 3 rings (SSSR count). The van der Waals surface area contributed by atoms with Crippen molar-refractivity contribution in [3.8, 4) is 5.75 Å². The van der Waals surface area contributed by atoms with Crippen LogP contribution in [0.15, 0.2) is 53.4 Å². The fourth-order valence-corrected chi connectivity index (χ4v) is 2.12. The summed E-state index contributed by atoms with van der Waals surface area (Å²) in [6.07, 6.45) is 4.48. The van der Waals surface area contributed by atoms with Gasteiger partial charge in [-0.25, -0.2) is 15.0 Å². The van der Waals surface area contributed by atoms with Gasteiger partial charge in [0.25, 0.3) is 5.91 Å². The molecule has 0 aliphatic heterocycles. The molecule has 2 aromatic heterocycles. The number of oxazole rings is 1. The molecule has 0 radical (unpaired) electrons. The Morgan fingerprint density at radius 2 is 1.96 bits per heavy atom. The van der Waals surface area contributed by atoms with E-state index in [0.29, 0.717) is 18.2 Å². The van der Waals surface area contributed by atoms with Gasteiger partial charge in [0, 0.05) is 31.5 Å². The van der Waals surface area contributed by atoms with E-state index >= 15 is 0 Å². The number of hydrogen-bond donors (Lipinski definition) is 1. The Kier molecular flexibility index (Phi) is 4.89. The van der Waals surface area contributed by atoms with Crippen molar-refractivity contribution in [1.29, 1.82) is 0 Å². The van der Waals surface area contributed by atoms with Crippen LogP contribution in [0.4, 0.5) is 5.95 Å². The Morgan fingerprint density at radius 1 is 1.24 bits per heavy atom. The molecule has 0 aliphatic rings. The topological polar surface area (TPSA) is 107 Å². The highest BCUT2D eigenvalue weighted by molar-refractivity contribution is 5.91. The van der Waals surface area contributed by atoms with Gasteiger partial charge < -0.3 is 19.8 Å². The molecule has 8 heteroatoms. The van der Waals surface area contributed by atoms with Crippen LogP contribution in [0.25, 0.3) is 0 Å². The van der Waals surface area contributed by atoms with Gasteiger partial charge in [0.15, 0.2) is 12.3 Å². The monoisotopic (exact) mass is 339 g/mol. The van der Waals surface area contributed by atoms with E-state index in [0.717, 1.165) is 5.56 Å². The molecule has 2 N–H and O–H groups in total. The number of nitrogen functional groups attached to an aromatic ring is 1. The predicted molar refractivity (Wildman–Crippen MR) is 89.5 cm³/mol. The first-order valence-electron chi connectivity index (χ1n) is 7.56. The Hall–Kier alpha value is -3.42. The van der Waals surface area contributed by atoms with E-state index in [1.807, 2.05) is 30.3 Å². The van der Waals surface area contributed by atoms with Gasteiger partial charge >= 0.3 is 0 Å². The van der Waals surface area contributed by atoms with Crippen LogP contribution in [-0.4, -0.2) is 32.8 Å². The highest BCUT2D eigenvalue weighted by Gasteiger charge is 2.17. The van der Waals surface area contributed by atoms with Crippen LogP contribution in [0.3, 0.4) is 0 Å². The van der Waals surface area contributed by atoms with Crippen molar-refractivity contribution in [2.45, 2.75) is 13.2 Å². The first-order chi connectivity index (χ1) is 12.1. The Morgan fingerprint density at radius 3 is 2.68 bits per heavy atom. The van der Waals surface area contributed by atoms with E-state index in [2.05, 4.69) is 15.0 Å². The van der Waals surface area contributed by atoms with E-state index in [1.165, 1.54) is 11.2 Å². The second kappa shape index (κ2) is 7.43. The lowest BCUT2D eigenvalue weighted by Gasteiger charge is -2.15. The van der Waals surface area contributed by atoms with Gasteiger partial charge in [-0.05, 0) is 12.1 Å². The second-order valence-corrected chi connectivity index (χ2v) is 5.34. The normalized spacial score (nSPS) is 10.4. The molecule has 0 aliphatic carbocycles. The SMILES string of the molecule is CN(Cc1cnc(N)nc1)C(=O)c1coc(COc2ccccc2)n1. The molecule has 0 bridgehead atoms. The molecule has 0 spiro atoms. The lowest BCUT2D eigenvalue weighted by molar-refractivity contribution is 0.0779. The van der Waals surface area contributed by atoms with Crippen LogP contribution in [-0.2, 0) is 13.2 Å². The fourth-order valence-electron chi connectivity index (χ4n) is 2.12. The molecule has 1 aromatic carbocycles. The first-order valence-corrected chi connectivity index (χ1v) is 7.56. The van der Waals surface area contributed by atoms with Crippen LogP contribution in [0.2, 0.25) is 0 Å². The average Bonchev–Trinajstić information content (AvgIpc) is 3.11. The van der Waals surface area contributed by atoms with Gasteiger partial charge in [-0.15, -0.1) is 0 Å². The molecule has 0 unspecified atom stereocenters. The maximum atomic E-state index is 12.4. The summed E-state index contributed by atoms with van der Waals surface area (Å²) in [5.74, 6) is 0.953. The lowest BCUT2D eigenvalue weighted by Crippen LogP contribution is -2.26. The minimum Gasteiger partial charge on any atom is -0.484 e. The molecule has 0 fully saturated rings. The van der Waals surface area contributed by atoms with Crippen LogP contribution in [0.5, 0.6) is 5.75 Å². The van der Waals surface area contributed by atoms with Crippen LogP contribution in [0, 0.1) is 0 Å². The Labute approximate surface area is 144 Å². The Bertz CT molecular complexity index is 833. The number of hydrogen-bond acceptors (Lipinski definition) is 7. The largest absolute Gasteiger partial charge is 0.484 e. The van der Waals surface area contributed by atoms with Crippen molar-refractivity contribution in [2.24, 2.45) is 0 Å². The summed E-state index contributed by atoms with van der Waals surface area (Å²) >= 11 is 0. The van der Waals surface area contributed by atoms with Gasteiger partial charge in [-0.1, -0.05) is 18.2 Å². The molecular weight excluding hydrogens is 322 g/mol. The van der Waals surface area contributed by atoms with Crippen molar-refractivity contribution in [2.75, 3.05) is 12.8 Å². The predicted octanol–water partition coefficient (Wildman–Crippen LogP) is 1.90. The molecule has 25 heavy (non-hydrogen) atoms. The maximum absolute atomic E-state index is 12.4. The minimum absolute atomic E-state index is 0.146. The zero-order valence-electron chi connectivity index (χ0n) is 13.6.